The van der Waals surface area contributed by atoms with E-state index in [4.69, 9.17) is 5.26 Å². The summed E-state index contributed by atoms with van der Waals surface area (Å²) in [5.41, 5.74) is 1.79. The number of nitrogens with one attached hydrogen (secondary N) is 1. The van der Waals surface area contributed by atoms with Crippen LogP contribution < -0.4 is 5.32 Å². The number of thioether (sulfide) groups is 1. The van der Waals surface area contributed by atoms with Crippen molar-refractivity contribution < 1.29 is 0 Å². The fourth-order valence-corrected chi connectivity index (χ4v) is 3.60. The molecular formula is C14H17BrN2S. The van der Waals surface area contributed by atoms with Gasteiger partial charge in [0.15, 0.2) is 0 Å². The first-order chi connectivity index (χ1) is 8.72. The largest absolute Gasteiger partial charge is 0.381 e. The van der Waals surface area contributed by atoms with E-state index in [1.54, 1.807) is 0 Å². The van der Waals surface area contributed by atoms with Gasteiger partial charge in [-0.05, 0) is 66.1 Å². The predicted octanol–water partition coefficient (Wildman–Crippen LogP) is 4.41. The number of halogens is 1. The summed E-state index contributed by atoms with van der Waals surface area (Å²) in [4.78, 5) is 0. The Morgan fingerprint density at radius 3 is 2.61 bits per heavy atom. The lowest BCUT2D eigenvalue weighted by Crippen LogP contribution is -2.27. The van der Waals surface area contributed by atoms with Crippen molar-refractivity contribution in [2.45, 2.75) is 37.0 Å². The van der Waals surface area contributed by atoms with Gasteiger partial charge in [0.2, 0.25) is 0 Å². The van der Waals surface area contributed by atoms with Gasteiger partial charge in [-0.25, -0.2) is 0 Å². The number of rotatable bonds is 3. The summed E-state index contributed by atoms with van der Waals surface area (Å²) >= 11 is 5.51. The van der Waals surface area contributed by atoms with Crippen molar-refractivity contribution in [2.75, 3.05) is 11.6 Å². The lowest BCUT2D eigenvalue weighted by molar-refractivity contribution is 0.473. The van der Waals surface area contributed by atoms with Crippen molar-refractivity contribution >= 4 is 33.4 Å². The summed E-state index contributed by atoms with van der Waals surface area (Å²) in [5, 5.41) is 13.3. The molecule has 2 rings (SSSR count). The quantitative estimate of drug-likeness (QED) is 0.894. The van der Waals surface area contributed by atoms with E-state index in [0.29, 0.717) is 11.6 Å². The Kier molecular flexibility index (Phi) is 4.96. The molecule has 0 aromatic heterocycles. The minimum Gasteiger partial charge on any atom is -0.381 e. The Morgan fingerprint density at radius 2 is 2.06 bits per heavy atom. The standard InChI is InChI=1S/C14H17BrN2S/c1-18-12-5-3-11(4-6-12)17-14-7-2-10(9-16)8-13(14)15/h2,7-8,11-12,17H,3-6H2,1H3. The van der Waals surface area contributed by atoms with Crippen LogP contribution in [0.4, 0.5) is 5.69 Å². The highest BCUT2D eigenvalue weighted by molar-refractivity contribution is 9.10. The molecule has 1 fully saturated rings. The van der Waals surface area contributed by atoms with Crippen LogP contribution in [0.15, 0.2) is 22.7 Å². The van der Waals surface area contributed by atoms with Crippen molar-refractivity contribution in [3.8, 4) is 6.07 Å². The van der Waals surface area contributed by atoms with Gasteiger partial charge < -0.3 is 5.32 Å². The molecular weight excluding hydrogens is 308 g/mol. The Hall–Kier alpha value is -0.660. The van der Waals surface area contributed by atoms with Crippen LogP contribution in [0.3, 0.4) is 0 Å². The smallest absolute Gasteiger partial charge is 0.0992 e. The van der Waals surface area contributed by atoms with Crippen molar-refractivity contribution in [1.82, 2.24) is 0 Å². The van der Waals surface area contributed by atoms with Gasteiger partial charge in [-0.2, -0.15) is 17.0 Å². The van der Waals surface area contributed by atoms with Crippen molar-refractivity contribution in [3.63, 3.8) is 0 Å². The van der Waals surface area contributed by atoms with Gasteiger partial charge in [0.05, 0.1) is 11.6 Å². The second-order valence-corrected chi connectivity index (χ2v) is 6.65. The van der Waals surface area contributed by atoms with Gasteiger partial charge in [0.1, 0.15) is 0 Å². The van der Waals surface area contributed by atoms with E-state index >= 15 is 0 Å². The Bertz CT molecular complexity index is 448. The minimum absolute atomic E-state index is 0.567. The van der Waals surface area contributed by atoms with Crippen LogP contribution in [0.25, 0.3) is 0 Å². The summed E-state index contributed by atoms with van der Waals surface area (Å²) in [7, 11) is 0. The molecule has 0 amide bonds. The maximum atomic E-state index is 8.84. The molecule has 1 N–H and O–H groups in total. The number of hydrogen-bond donors (Lipinski definition) is 1. The molecule has 1 aliphatic rings. The summed E-state index contributed by atoms with van der Waals surface area (Å²) in [5.74, 6) is 0. The van der Waals surface area contributed by atoms with Crippen molar-refractivity contribution in [3.05, 3.63) is 28.2 Å². The van der Waals surface area contributed by atoms with E-state index < -0.39 is 0 Å². The molecule has 0 saturated heterocycles. The number of anilines is 1. The van der Waals surface area contributed by atoms with E-state index in [1.165, 1.54) is 25.7 Å². The van der Waals surface area contributed by atoms with Gasteiger partial charge >= 0.3 is 0 Å². The molecule has 0 radical (unpaired) electrons. The molecule has 4 heteroatoms. The molecule has 96 valence electrons. The number of benzene rings is 1. The summed E-state index contributed by atoms with van der Waals surface area (Å²) in [6.07, 6.45) is 7.27. The number of nitriles is 1. The van der Waals surface area contributed by atoms with E-state index in [0.717, 1.165) is 15.4 Å². The molecule has 0 atom stereocenters. The first-order valence-corrected chi connectivity index (χ1v) is 8.30. The fraction of sp³-hybridized carbons (Fsp3) is 0.500. The van der Waals surface area contributed by atoms with Crippen LogP contribution in [0.1, 0.15) is 31.2 Å². The van der Waals surface area contributed by atoms with Crippen LogP contribution in [0, 0.1) is 11.3 Å². The number of nitrogens with zero attached hydrogens (tertiary/aromatic N) is 1. The molecule has 0 heterocycles. The molecule has 1 aromatic carbocycles. The summed E-state index contributed by atoms with van der Waals surface area (Å²) < 4.78 is 0.980. The zero-order valence-electron chi connectivity index (χ0n) is 10.4. The third-order valence-corrected chi connectivity index (χ3v) is 5.26. The average Bonchev–Trinajstić information content (AvgIpc) is 2.42. The zero-order chi connectivity index (χ0) is 13.0. The highest BCUT2D eigenvalue weighted by atomic mass is 79.9. The molecule has 0 spiro atoms. The SMILES string of the molecule is CSC1CCC(Nc2ccc(C#N)cc2Br)CC1. The average molecular weight is 325 g/mol. The van der Waals surface area contributed by atoms with Crippen molar-refractivity contribution in [1.29, 1.82) is 5.26 Å². The highest BCUT2D eigenvalue weighted by Gasteiger charge is 2.20. The van der Waals surface area contributed by atoms with Crippen LogP contribution >= 0.6 is 27.7 Å². The maximum absolute atomic E-state index is 8.84. The van der Waals surface area contributed by atoms with E-state index in [9.17, 15) is 0 Å². The van der Waals surface area contributed by atoms with Gasteiger partial charge in [-0.15, -0.1) is 0 Å². The van der Waals surface area contributed by atoms with E-state index in [1.807, 2.05) is 30.0 Å². The van der Waals surface area contributed by atoms with Gasteiger partial charge in [0.25, 0.3) is 0 Å². The Morgan fingerprint density at radius 1 is 1.33 bits per heavy atom. The molecule has 1 saturated carbocycles. The Balaban J connectivity index is 1.96. The number of hydrogen-bond acceptors (Lipinski definition) is 3. The normalized spacial score (nSPS) is 23.4. The molecule has 0 unspecified atom stereocenters. The molecule has 18 heavy (non-hydrogen) atoms. The van der Waals surface area contributed by atoms with Gasteiger partial charge in [-0.3, -0.25) is 0 Å². The molecule has 2 nitrogen and oxygen atoms in total. The lowest BCUT2D eigenvalue weighted by atomic mass is 9.95. The van der Waals surface area contributed by atoms with Crippen molar-refractivity contribution in [2.24, 2.45) is 0 Å². The van der Waals surface area contributed by atoms with Gasteiger partial charge in [-0.1, -0.05) is 0 Å². The third-order valence-electron chi connectivity index (χ3n) is 3.47. The fourth-order valence-electron chi connectivity index (χ4n) is 2.36. The molecule has 0 aliphatic heterocycles. The molecule has 1 aromatic rings. The first kappa shape index (κ1) is 13.8. The van der Waals surface area contributed by atoms with Crippen LogP contribution in [0.2, 0.25) is 0 Å². The Labute approximate surface area is 121 Å². The topological polar surface area (TPSA) is 35.8 Å². The highest BCUT2D eigenvalue weighted by Crippen LogP contribution is 2.31. The second kappa shape index (κ2) is 6.49. The second-order valence-electron chi connectivity index (χ2n) is 4.66. The molecule has 1 aliphatic carbocycles. The van der Waals surface area contributed by atoms with Gasteiger partial charge in [0, 0.05) is 21.5 Å². The zero-order valence-corrected chi connectivity index (χ0v) is 12.9. The van der Waals surface area contributed by atoms with E-state index in [-0.39, 0.29) is 0 Å². The molecule has 0 bridgehead atoms. The first-order valence-electron chi connectivity index (χ1n) is 6.22. The van der Waals surface area contributed by atoms with Crippen LogP contribution in [-0.2, 0) is 0 Å². The lowest BCUT2D eigenvalue weighted by Gasteiger charge is -2.29. The van der Waals surface area contributed by atoms with Crippen LogP contribution in [0.5, 0.6) is 0 Å². The summed E-state index contributed by atoms with van der Waals surface area (Å²) in [6, 6.07) is 8.44. The monoisotopic (exact) mass is 324 g/mol. The summed E-state index contributed by atoms with van der Waals surface area (Å²) in [6.45, 7) is 0. The third kappa shape index (κ3) is 3.43. The van der Waals surface area contributed by atoms with Crippen LogP contribution in [-0.4, -0.2) is 17.5 Å². The van der Waals surface area contributed by atoms with E-state index in [2.05, 4.69) is 33.6 Å². The maximum Gasteiger partial charge on any atom is 0.0992 e. The minimum atomic E-state index is 0.567. The predicted molar refractivity (Wildman–Crippen MR) is 82.0 cm³/mol.